The Hall–Kier alpha value is -1.24. The molecular formula is C15H21F2NO4. The van der Waals surface area contributed by atoms with Crippen LogP contribution in [-0.2, 0) is 14.3 Å². The number of rotatable bonds is 5. The molecule has 124 valence electrons. The molecule has 2 aliphatic carbocycles. The van der Waals surface area contributed by atoms with E-state index in [-0.39, 0.29) is 50.1 Å². The van der Waals surface area contributed by atoms with Crippen LogP contribution in [0.3, 0.4) is 0 Å². The second-order valence-corrected chi connectivity index (χ2v) is 6.79. The molecule has 0 aromatic rings. The highest BCUT2D eigenvalue weighted by molar-refractivity contribution is 5.81. The van der Waals surface area contributed by atoms with Crippen molar-refractivity contribution in [2.24, 2.45) is 11.3 Å². The van der Waals surface area contributed by atoms with Gasteiger partial charge in [-0.05, 0) is 25.7 Å². The molecule has 0 aromatic heterocycles. The molecule has 7 heteroatoms. The van der Waals surface area contributed by atoms with Crippen molar-refractivity contribution in [2.75, 3.05) is 19.8 Å². The lowest BCUT2D eigenvalue weighted by Crippen LogP contribution is -2.50. The maximum Gasteiger partial charge on any atom is 0.305 e. The number of amides is 1. The number of aliphatic carboxylic acids is 1. The normalized spacial score (nSPS) is 33.3. The number of ether oxygens (including phenoxy) is 1. The maximum absolute atomic E-state index is 13.3. The highest BCUT2D eigenvalue weighted by Gasteiger charge is 2.76. The Morgan fingerprint density at radius 2 is 1.82 bits per heavy atom. The predicted octanol–water partition coefficient (Wildman–Crippen LogP) is 1.90. The van der Waals surface area contributed by atoms with Gasteiger partial charge in [-0.2, -0.15) is 0 Å². The predicted molar refractivity (Wildman–Crippen MR) is 72.5 cm³/mol. The molecule has 1 heterocycles. The second kappa shape index (κ2) is 5.44. The summed E-state index contributed by atoms with van der Waals surface area (Å²) in [7, 11) is 0. The first kappa shape index (κ1) is 15.6. The van der Waals surface area contributed by atoms with E-state index in [0.717, 1.165) is 0 Å². The number of nitrogens with zero attached hydrogens (tertiary/aromatic N) is 1. The summed E-state index contributed by atoms with van der Waals surface area (Å²) < 4.78 is 31.8. The number of carboxylic acid groups (broad SMARTS) is 1. The van der Waals surface area contributed by atoms with Crippen molar-refractivity contribution in [3.63, 3.8) is 0 Å². The molecule has 0 aromatic carbocycles. The van der Waals surface area contributed by atoms with Crippen LogP contribution < -0.4 is 0 Å². The van der Waals surface area contributed by atoms with Crippen LogP contribution in [0.25, 0.3) is 0 Å². The van der Waals surface area contributed by atoms with Crippen molar-refractivity contribution in [2.45, 2.75) is 50.5 Å². The fourth-order valence-corrected chi connectivity index (χ4v) is 3.80. The van der Waals surface area contributed by atoms with E-state index in [0.29, 0.717) is 26.1 Å². The third-order valence-electron chi connectivity index (χ3n) is 5.32. The first-order valence-corrected chi connectivity index (χ1v) is 7.82. The smallest absolute Gasteiger partial charge is 0.305 e. The molecular weight excluding hydrogens is 296 g/mol. The van der Waals surface area contributed by atoms with Crippen LogP contribution in [0.5, 0.6) is 0 Å². The van der Waals surface area contributed by atoms with Gasteiger partial charge in [0.2, 0.25) is 5.91 Å². The van der Waals surface area contributed by atoms with Crippen LogP contribution in [-0.4, -0.2) is 53.6 Å². The van der Waals surface area contributed by atoms with Gasteiger partial charge < -0.3 is 14.7 Å². The van der Waals surface area contributed by atoms with Crippen LogP contribution in [0, 0.1) is 11.3 Å². The second-order valence-electron chi connectivity index (χ2n) is 6.79. The summed E-state index contributed by atoms with van der Waals surface area (Å²) in [5.41, 5.74) is -0.929. The average molecular weight is 317 g/mol. The van der Waals surface area contributed by atoms with Crippen LogP contribution in [0.1, 0.15) is 38.5 Å². The average Bonchev–Trinajstić information content (AvgIpc) is 3.01. The molecule has 1 spiro atoms. The summed E-state index contributed by atoms with van der Waals surface area (Å²) in [6.07, 6.45) is 1.63. The summed E-state index contributed by atoms with van der Waals surface area (Å²) in [4.78, 5) is 25.0. The molecule has 22 heavy (non-hydrogen) atoms. The van der Waals surface area contributed by atoms with Crippen molar-refractivity contribution < 1.29 is 28.2 Å². The molecule has 3 aliphatic rings. The minimum Gasteiger partial charge on any atom is -0.481 e. The summed E-state index contributed by atoms with van der Waals surface area (Å²) in [6.45, 7) is 1.25. The molecule has 1 aliphatic heterocycles. The van der Waals surface area contributed by atoms with Crippen LogP contribution >= 0.6 is 0 Å². The largest absolute Gasteiger partial charge is 0.481 e. The van der Waals surface area contributed by atoms with Gasteiger partial charge in [-0.15, -0.1) is 0 Å². The number of halogens is 2. The Kier molecular flexibility index (Phi) is 3.87. The third kappa shape index (κ3) is 2.71. The topological polar surface area (TPSA) is 66.8 Å². The first-order chi connectivity index (χ1) is 10.3. The minimum atomic E-state index is -2.60. The van der Waals surface area contributed by atoms with Gasteiger partial charge in [-0.3, -0.25) is 9.59 Å². The Labute approximate surface area is 127 Å². The molecule has 0 radical (unpaired) electrons. The molecule has 2 saturated carbocycles. The van der Waals surface area contributed by atoms with Crippen molar-refractivity contribution in [3.05, 3.63) is 0 Å². The Morgan fingerprint density at radius 3 is 2.32 bits per heavy atom. The van der Waals surface area contributed by atoms with Crippen molar-refractivity contribution in [3.8, 4) is 0 Å². The van der Waals surface area contributed by atoms with E-state index in [1.165, 1.54) is 0 Å². The van der Waals surface area contributed by atoms with Crippen molar-refractivity contribution >= 4 is 11.9 Å². The SMILES string of the molecule is O=C(O)CCN(C(=O)C1CC2(C1)CC2(F)F)C1CCOCC1. The molecule has 0 unspecified atom stereocenters. The lowest BCUT2D eigenvalue weighted by molar-refractivity contribution is -0.148. The third-order valence-corrected chi connectivity index (χ3v) is 5.32. The number of carbonyl (C=O) groups excluding carboxylic acids is 1. The van der Waals surface area contributed by atoms with E-state index in [2.05, 4.69) is 0 Å². The van der Waals surface area contributed by atoms with E-state index in [1.54, 1.807) is 4.90 Å². The van der Waals surface area contributed by atoms with Gasteiger partial charge in [0.1, 0.15) is 0 Å². The first-order valence-electron chi connectivity index (χ1n) is 7.82. The van der Waals surface area contributed by atoms with Crippen LogP contribution in [0.4, 0.5) is 8.78 Å². The number of hydrogen-bond acceptors (Lipinski definition) is 3. The number of hydrogen-bond donors (Lipinski definition) is 1. The van der Waals surface area contributed by atoms with Gasteiger partial charge >= 0.3 is 5.97 Å². The number of carboxylic acids is 1. The highest BCUT2D eigenvalue weighted by Crippen LogP contribution is 2.72. The van der Waals surface area contributed by atoms with Gasteiger partial charge in [-0.1, -0.05) is 0 Å². The fourth-order valence-electron chi connectivity index (χ4n) is 3.80. The molecule has 5 nitrogen and oxygen atoms in total. The molecule has 0 atom stereocenters. The standard InChI is InChI=1S/C15H21F2NO4/c16-15(17)9-14(15)7-10(8-14)13(21)18(4-1-12(19)20)11-2-5-22-6-3-11/h10-11H,1-9H2,(H,19,20). The maximum atomic E-state index is 13.3. The van der Waals surface area contributed by atoms with Crippen LogP contribution in [0.15, 0.2) is 0 Å². The monoisotopic (exact) mass is 317 g/mol. The quantitative estimate of drug-likeness (QED) is 0.841. The van der Waals surface area contributed by atoms with Gasteiger partial charge in [0.05, 0.1) is 6.42 Å². The summed E-state index contributed by atoms with van der Waals surface area (Å²) in [5.74, 6) is -4.08. The van der Waals surface area contributed by atoms with Gasteiger partial charge in [0.15, 0.2) is 0 Å². The fraction of sp³-hybridized carbons (Fsp3) is 0.867. The van der Waals surface area contributed by atoms with Gasteiger partial charge in [0.25, 0.3) is 5.92 Å². The lowest BCUT2D eigenvalue weighted by Gasteiger charge is -2.41. The Bertz CT molecular complexity index is 470. The number of carbonyl (C=O) groups is 2. The van der Waals surface area contributed by atoms with Crippen molar-refractivity contribution in [1.29, 1.82) is 0 Å². The summed E-state index contributed by atoms with van der Waals surface area (Å²) in [6, 6.07) is -0.0307. The molecule has 3 fully saturated rings. The number of alkyl halides is 2. The zero-order valence-electron chi connectivity index (χ0n) is 12.4. The van der Waals surface area contributed by atoms with E-state index in [9.17, 15) is 18.4 Å². The molecule has 1 N–H and O–H groups in total. The van der Waals surface area contributed by atoms with E-state index < -0.39 is 17.3 Å². The van der Waals surface area contributed by atoms with E-state index >= 15 is 0 Å². The van der Waals surface area contributed by atoms with Gasteiger partial charge in [0, 0.05) is 43.6 Å². The molecule has 1 amide bonds. The van der Waals surface area contributed by atoms with E-state index in [4.69, 9.17) is 9.84 Å². The lowest BCUT2D eigenvalue weighted by atomic mass is 9.70. The minimum absolute atomic E-state index is 0.0307. The molecule has 0 bridgehead atoms. The summed E-state index contributed by atoms with van der Waals surface area (Å²) >= 11 is 0. The summed E-state index contributed by atoms with van der Waals surface area (Å²) in [5, 5.41) is 8.85. The molecule has 3 rings (SSSR count). The molecule has 1 saturated heterocycles. The highest BCUT2D eigenvalue weighted by atomic mass is 19.3. The Balaban J connectivity index is 1.61. The van der Waals surface area contributed by atoms with Crippen LogP contribution in [0.2, 0.25) is 0 Å². The van der Waals surface area contributed by atoms with Crippen molar-refractivity contribution in [1.82, 2.24) is 4.90 Å². The van der Waals surface area contributed by atoms with E-state index in [1.807, 2.05) is 0 Å². The zero-order chi connectivity index (χ0) is 16.0. The zero-order valence-corrected chi connectivity index (χ0v) is 12.4. The van der Waals surface area contributed by atoms with Gasteiger partial charge in [-0.25, -0.2) is 8.78 Å². The Morgan fingerprint density at radius 1 is 1.23 bits per heavy atom.